The zero-order valence-electron chi connectivity index (χ0n) is 10.6. The van der Waals surface area contributed by atoms with E-state index in [0.29, 0.717) is 17.0 Å². The van der Waals surface area contributed by atoms with E-state index in [2.05, 4.69) is 5.32 Å². The molecule has 1 aliphatic rings. The summed E-state index contributed by atoms with van der Waals surface area (Å²) < 4.78 is 5.38. The number of carbonyl (C=O) groups excluding carboxylic acids is 1. The molecule has 0 aliphatic carbocycles. The van der Waals surface area contributed by atoms with Crippen molar-refractivity contribution in [2.75, 3.05) is 5.32 Å². The predicted octanol–water partition coefficient (Wildman–Crippen LogP) is 1.09. The Kier molecular flexibility index (Phi) is 3.20. The number of hydrogen-bond acceptors (Lipinski definition) is 4. The average Bonchev–Trinajstić information content (AvgIpc) is 2.28. The lowest BCUT2D eigenvalue weighted by Gasteiger charge is -2.27. The van der Waals surface area contributed by atoms with Gasteiger partial charge < -0.3 is 20.3 Å². The number of aliphatic carboxylic acids is 1. The van der Waals surface area contributed by atoms with Crippen LogP contribution in [0.25, 0.3) is 0 Å². The lowest BCUT2D eigenvalue weighted by Crippen LogP contribution is -2.34. The second kappa shape index (κ2) is 4.55. The van der Waals surface area contributed by atoms with Gasteiger partial charge in [-0.2, -0.15) is 0 Å². The Morgan fingerprint density at radius 3 is 2.84 bits per heavy atom. The number of fused-ring (bicyclic) bond motifs is 1. The molecule has 6 nitrogen and oxygen atoms in total. The van der Waals surface area contributed by atoms with Crippen molar-refractivity contribution in [2.24, 2.45) is 0 Å². The van der Waals surface area contributed by atoms with Crippen molar-refractivity contribution in [1.29, 1.82) is 0 Å². The molecular weight excluding hydrogens is 250 g/mol. The lowest BCUT2D eigenvalue weighted by molar-refractivity contribution is -0.142. The number of nitrogens with one attached hydrogen (secondary N) is 1. The van der Waals surface area contributed by atoms with Crippen molar-refractivity contribution in [2.45, 2.75) is 32.0 Å². The largest absolute Gasteiger partial charge is 0.481 e. The number of aliphatic hydroxyl groups is 1. The number of amides is 1. The van der Waals surface area contributed by atoms with E-state index in [1.54, 1.807) is 19.1 Å². The Hall–Kier alpha value is -2.08. The molecule has 102 valence electrons. The van der Waals surface area contributed by atoms with E-state index < -0.39 is 24.1 Å². The number of carboxylic acids is 1. The van der Waals surface area contributed by atoms with Gasteiger partial charge in [-0.1, -0.05) is 6.07 Å². The van der Waals surface area contributed by atoms with Gasteiger partial charge in [0.25, 0.3) is 5.91 Å². The second-order valence-corrected chi connectivity index (χ2v) is 4.80. The van der Waals surface area contributed by atoms with Crippen molar-refractivity contribution in [3.05, 3.63) is 23.8 Å². The Morgan fingerprint density at radius 2 is 2.21 bits per heavy atom. The van der Waals surface area contributed by atoms with Gasteiger partial charge >= 0.3 is 5.97 Å². The number of benzene rings is 1. The quantitative estimate of drug-likeness (QED) is 0.760. The van der Waals surface area contributed by atoms with E-state index in [-0.39, 0.29) is 5.91 Å². The van der Waals surface area contributed by atoms with Crippen molar-refractivity contribution in [3.63, 3.8) is 0 Å². The van der Waals surface area contributed by atoms with Crippen LogP contribution in [0.2, 0.25) is 0 Å². The van der Waals surface area contributed by atoms with E-state index in [9.17, 15) is 14.7 Å². The third kappa shape index (κ3) is 2.68. The SMILES string of the molecule is CC1Oc2ccc(C(C)(O)CC(=O)O)cc2NC1=O. The van der Waals surface area contributed by atoms with E-state index in [1.807, 2.05) is 0 Å². The summed E-state index contributed by atoms with van der Waals surface area (Å²) in [6.07, 6.45) is -0.991. The standard InChI is InChI=1S/C13H15NO5/c1-7-12(17)14-9-5-8(3-4-10(9)19-7)13(2,18)6-11(15)16/h3-5,7,18H,6H2,1-2H3,(H,14,17)(H,15,16). The fraction of sp³-hybridized carbons (Fsp3) is 0.385. The molecule has 6 heteroatoms. The predicted molar refractivity (Wildman–Crippen MR) is 67.0 cm³/mol. The van der Waals surface area contributed by atoms with Gasteiger partial charge in [-0.05, 0) is 31.5 Å². The summed E-state index contributed by atoms with van der Waals surface area (Å²) in [5.41, 5.74) is -0.660. The maximum absolute atomic E-state index is 11.5. The molecule has 0 aromatic heterocycles. The first-order valence-electron chi connectivity index (χ1n) is 5.86. The minimum atomic E-state index is -1.51. The molecule has 0 fully saturated rings. The molecule has 19 heavy (non-hydrogen) atoms. The molecule has 2 rings (SSSR count). The summed E-state index contributed by atoms with van der Waals surface area (Å²) in [4.78, 5) is 22.2. The first-order valence-corrected chi connectivity index (χ1v) is 5.86. The highest BCUT2D eigenvalue weighted by Gasteiger charge is 2.30. The van der Waals surface area contributed by atoms with Crippen LogP contribution < -0.4 is 10.1 Å². The third-order valence-electron chi connectivity index (χ3n) is 3.03. The highest BCUT2D eigenvalue weighted by Crippen LogP contribution is 2.34. The van der Waals surface area contributed by atoms with Gasteiger partial charge in [-0.3, -0.25) is 9.59 Å². The molecule has 1 amide bonds. The molecule has 1 aliphatic heterocycles. The first-order chi connectivity index (χ1) is 8.79. The molecule has 0 radical (unpaired) electrons. The Balaban J connectivity index is 2.34. The Labute approximate surface area is 110 Å². The third-order valence-corrected chi connectivity index (χ3v) is 3.03. The molecule has 0 bridgehead atoms. The van der Waals surface area contributed by atoms with Gasteiger partial charge in [0, 0.05) is 0 Å². The van der Waals surface area contributed by atoms with Crippen LogP contribution in [-0.4, -0.2) is 28.2 Å². The zero-order chi connectivity index (χ0) is 14.2. The summed E-state index contributed by atoms with van der Waals surface area (Å²) in [7, 11) is 0. The van der Waals surface area contributed by atoms with Crippen LogP contribution in [0.3, 0.4) is 0 Å². The average molecular weight is 265 g/mol. The number of carbonyl (C=O) groups is 2. The van der Waals surface area contributed by atoms with E-state index in [1.165, 1.54) is 13.0 Å². The highest BCUT2D eigenvalue weighted by molar-refractivity contribution is 5.97. The van der Waals surface area contributed by atoms with Crippen molar-refractivity contribution in [3.8, 4) is 5.75 Å². The number of rotatable bonds is 3. The number of hydrogen-bond donors (Lipinski definition) is 3. The van der Waals surface area contributed by atoms with Crippen molar-refractivity contribution >= 4 is 17.6 Å². The van der Waals surface area contributed by atoms with Crippen LogP contribution in [0.4, 0.5) is 5.69 Å². The molecule has 1 heterocycles. The summed E-state index contributed by atoms with van der Waals surface area (Å²) in [6.45, 7) is 3.05. The molecule has 2 atom stereocenters. The highest BCUT2D eigenvalue weighted by atomic mass is 16.5. The molecule has 3 N–H and O–H groups in total. The second-order valence-electron chi connectivity index (χ2n) is 4.80. The smallest absolute Gasteiger partial charge is 0.306 e. The van der Waals surface area contributed by atoms with E-state index in [0.717, 1.165) is 0 Å². The van der Waals surface area contributed by atoms with Gasteiger partial charge in [0.1, 0.15) is 5.75 Å². The van der Waals surface area contributed by atoms with Gasteiger partial charge in [0.2, 0.25) is 0 Å². The minimum Gasteiger partial charge on any atom is -0.481 e. The number of carboxylic acid groups (broad SMARTS) is 1. The molecule has 1 aromatic carbocycles. The Bertz CT molecular complexity index is 538. The van der Waals surface area contributed by atoms with Gasteiger partial charge in [-0.25, -0.2) is 0 Å². The van der Waals surface area contributed by atoms with E-state index >= 15 is 0 Å². The van der Waals surface area contributed by atoms with Crippen molar-refractivity contribution in [1.82, 2.24) is 0 Å². The molecule has 0 saturated carbocycles. The molecule has 2 unspecified atom stereocenters. The molecule has 0 saturated heterocycles. The van der Waals surface area contributed by atoms with Crippen LogP contribution in [-0.2, 0) is 15.2 Å². The lowest BCUT2D eigenvalue weighted by atomic mass is 9.92. The zero-order valence-corrected chi connectivity index (χ0v) is 10.6. The topological polar surface area (TPSA) is 95.9 Å². The van der Waals surface area contributed by atoms with E-state index in [4.69, 9.17) is 9.84 Å². The summed E-state index contributed by atoms with van der Waals surface area (Å²) >= 11 is 0. The summed E-state index contributed by atoms with van der Waals surface area (Å²) in [5.74, 6) is -0.874. The minimum absolute atomic E-state index is 0.275. The molecular formula is C13H15NO5. The van der Waals surface area contributed by atoms with Crippen LogP contribution in [0.15, 0.2) is 18.2 Å². The number of anilines is 1. The monoisotopic (exact) mass is 265 g/mol. The molecule has 0 spiro atoms. The van der Waals surface area contributed by atoms with Gasteiger partial charge in [0.05, 0.1) is 17.7 Å². The Morgan fingerprint density at radius 1 is 1.53 bits per heavy atom. The summed E-state index contributed by atoms with van der Waals surface area (Å²) in [5, 5.41) is 21.6. The van der Waals surface area contributed by atoms with Crippen molar-refractivity contribution < 1.29 is 24.5 Å². The maximum Gasteiger partial charge on any atom is 0.306 e. The first kappa shape index (κ1) is 13.4. The van der Waals surface area contributed by atoms with Crippen LogP contribution in [0.1, 0.15) is 25.8 Å². The summed E-state index contributed by atoms with van der Waals surface area (Å²) in [6, 6.07) is 4.73. The van der Waals surface area contributed by atoms with Crippen LogP contribution >= 0.6 is 0 Å². The van der Waals surface area contributed by atoms with Gasteiger partial charge in [0.15, 0.2) is 6.10 Å². The van der Waals surface area contributed by atoms with Gasteiger partial charge in [-0.15, -0.1) is 0 Å². The number of ether oxygens (including phenoxy) is 1. The maximum atomic E-state index is 11.5. The fourth-order valence-corrected chi connectivity index (χ4v) is 1.94. The van der Waals surface area contributed by atoms with Crippen LogP contribution in [0, 0.1) is 0 Å². The van der Waals surface area contributed by atoms with Crippen LogP contribution in [0.5, 0.6) is 5.75 Å². The molecule has 1 aromatic rings. The fourth-order valence-electron chi connectivity index (χ4n) is 1.94. The normalized spacial score (nSPS) is 20.8.